The van der Waals surface area contributed by atoms with Gasteiger partial charge in [-0.2, -0.15) is 0 Å². The van der Waals surface area contributed by atoms with Gasteiger partial charge in [-0.15, -0.1) is 0 Å². The third-order valence-corrected chi connectivity index (χ3v) is 2.71. The van der Waals surface area contributed by atoms with Crippen LogP contribution in [0.5, 0.6) is 0 Å². The van der Waals surface area contributed by atoms with E-state index in [1.165, 1.54) is 26.4 Å². The van der Waals surface area contributed by atoms with E-state index in [1.54, 1.807) is 0 Å². The predicted octanol–water partition coefficient (Wildman–Crippen LogP) is 2.09. The van der Waals surface area contributed by atoms with Gasteiger partial charge in [0, 0.05) is 6.54 Å². The van der Waals surface area contributed by atoms with Gasteiger partial charge < -0.3 is 10.5 Å². The molecular weight excluding hydrogens is 178 g/mol. The number of methoxy groups -OCH3 is 1. The third kappa shape index (κ3) is 4.09. The topological polar surface area (TPSA) is 52.3 Å². The van der Waals surface area contributed by atoms with Crippen LogP contribution in [0.15, 0.2) is 0 Å². The lowest BCUT2D eigenvalue weighted by atomic mass is 9.85. The Bertz CT molecular complexity index is 171. The van der Waals surface area contributed by atoms with Gasteiger partial charge in [0.1, 0.15) is 0 Å². The number of unbranched alkanes of at least 4 members (excludes halogenated alkanes) is 3. The molecule has 0 aromatic rings. The van der Waals surface area contributed by atoms with E-state index >= 15 is 0 Å². The zero-order valence-electron chi connectivity index (χ0n) is 9.64. The largest absolute Gasteiger partial charge is 0.469 e. The van der Waals surface area contributed by atoms with Crippen molar-refractivity contribution in [2.45, 2.75) is 46.0 Å². The van der Waals surface area contributed by atoms with Gasteiger partial charge in [-0.3, -0.25) is 4.79 Å². The van der Waals surface area contributed by atoms with Gasteiger partial charge in [-0.1, -0.05) is 32.6 Å². The number of hydrogen-bond donors (Lipinski definition) is 1. The van der Waals surface area contributed by atoms with Crippen LogP contribution in [-0.4, -0.2) is 19.6 Å². The van der Waals surface area contributed by atoms with E-state index in [9.17, 15) is 4.79 Å². The Hall–Kier alpha value is -0.570. The number of nitrogens with two attached hydrogens (primary N) is 1. The van der Waals surface area contributed by atoms with Crippen molar-refractivity contribution in [1.29, 1.82) is 0 Å². The maximum atomic E-state index is 11.4. The van der Waals surface area contributed by atoms with Crippen LogP contribution < -0.4 is 5.73 Å². The molecule has 3 heteroatoms. The van der Waals surface area contributed by atoms with Crippen LogP contribution in [0.1, 0.15) is 46.0 Å². The Labute approximate surface area is 87.0 Å². The highest BCUT2D eigenvalue weighted by Crippen LogP contribution is 2.24. The van der Waals surface area contributed by atoms with Crippen molar-refractivity contribution < 1.29 is 9.53 Å². The van der Waals surface area contributed by atoms with Gasteiger partial charge in [0.25, 0.3) is 0 Å². The summed E-state index contributed by atoms with van der Waals surface area (Å²) in [6.45, 7) is 4.42. The van der Waals surface area contributed by atoms with Crippen molar-refractivity contribution in [3.63, 3.8) is 0 Å². The summed E-state index contributed by atoms with van der Waals surface area (Å²) in [6.07, 6.45) is 5.48. The minimum absolute atomic E-state index is 0.184. The molecule has 0 radical (unpaired) electrons. The van der Waals surface area contributed by atoms with Crippen molar-refractivity contribution >= 4 is 5.97 Å². The molecule has 14 heavy (non-hydrogen) atoms. The normalized spacial score (nSPS) is 14.9. The standard InChI is InChI=1S/C11H23NO2/c1-4-5-6-7-8-11(2,9-12)10(13)14-3/h4-9,12H2,1-3H3. The maximum absolute atomic E-state index is 11.4. The number of ether oxygens (including phenoxy) is 1. The highest BCUT2D eigenvalue weighted by molar-refractivity contribution is 5.76. The maximum Gasteiger partial charge on any atom is 0.312 e. The number of carbonyl (C=O) groups is 1. The summed E-state index contributed by atoms with van der Waals surface area (Å²) >= 11 is 0. The summed E-state index contributed by atoms with van der Waals surface area (Å²) in [6, 6.07) is 0. The lowest BCUT2D eigenvalue weighted by Gasteiger charge is -2.24. The SMILES string of the molecule is CCCCCCC(C)(CN)C(=O)OC. The zero-order chi connectivity index (χ0) is 11.0. The minimum Gasteiger partial charge on any atom is -0.469 e. The molecule has 0 aliphatic carbocycles. The molecule has 1 atom stereocenters. The van der Waals surface area contributed by atoms with Crippen LogP contribution in [0.3, 0.4) is 0 Å². The molecule has 0 aromatic heterocycles. The van der Waals surface area contributed by atoms with Crippen molar-refractivity contribution in [3.05, 3.63) is 0 Å². The smallest absolute Gasteiger partial charge is 0.312 e. The van der Waals surface area contributed by atoms with E-state index in [-0.39, 0.29) is 5.97 Å². The number of hydrogen-bond acceptors (Lipinski definition) is 3. The Morgan fingerprint density at radius 3 is 2.43 bits per heavy atom. The number of rotatable bonds is 7. The molecule has 2 N–H and O–H groups in total. The van der Waals surface area contributed by atoms with Crippen LogP contribution in [0, 0.1) is 5.41 Å². The van der Waals surface area contributed by atoms with Crippen molar-refractivity contribution in [2.24, 2.45) is 11.1 Å². The lowest BCUT2D eigenvalue weighted by molar-refractivity contribution is -0.151. The monoisotopic (exact) mass is 201 g/mol. The first-order valence-corrected chi connectivity index (χ1v) is 5.39. The van der Waals surface area contributed by atoms with Gasteiger partial charge in [0.2, 0.25) is 0 Å². The van der Waals surface area contributed by atoms with E-state index in [2.05, 4.69) is 6.92 Å². The highest BCUT2D eigenvalue weighted by Gasteiger charge is 2.31. The quantitative estimate of drug-likeness (QED) is 0.507. The summed E-state index contributed by atoms with van der Waals surface area (Å²) < 4.78 is 4.74. The second-order valence-corrected chi connectivity index (χ2v) is 4.07. The Morgan fingerprint density at radius 2 is 2.00 bits per heavy atom. The molecule has 0 saturated carbocycles. The minimum atomic E-state index is -0.484. The Balaban J connectivity index is 3.93. The molecule has 0 bridgehead atoms. The summed E-state index contributed by atoms with van der Waals surface area (Å²) in [5.41, 5.74) is 5.11. The molecule has 3 nitrogen and oxygen atoms in total. The van der Waals surface area contributed by atoms with Gasteiger partial charge >= 0.3 is 5.97 Å². The molecule has 0 fully saturated rings. The number of carbonyl (C=O) groups excluding carboxylic acids is 1. The van der Waals surface area contributed by atoms with E-state index in [0.29, 0.717) is 6.54 Å². The predicted molar refractivity (Wildman–Crippen MR) is 57.9 cm³/mol. The van der Waals surface area contributed by atoms with E-state index in [0.717, 1.165) is 12.8 Å². The molecule has 0 aliphatic heterocycles. The van der Waals surface area contributed by atoms with Gasteiger partial charge in [-0.25, -0.2) is 0 Å². The van der Waals surface area contributed by atoms with Crippen molar-refractivity contribution in [3.8, 4) is 0 Å². The van der Waals surface area contributed by atoms with Crippen LogP contribution in [-0.2, 0) is 9.53 Å². The first-order chi connectivity index (χ1) is 6.60. The fourth-order valence-electron chi connectivity index (χ4n) is 1.48. The fraction of sp³-hybridized carbons (Fsp3) is 0.909. The van der Waals surface area contributed by atoms with E-state index in [4.69, 9.17) is 10.5 Å². The highest BCUT2D eigenvalue weighted by atomic mass is 16.5. The summed E-state index contributed by atoms with van der Waals surface area (Å²) in [7, 11) is 1.42. The molecule has 0 saturated heterocycles. The molecule has 0 aromatic carbocycles. The number of esters is 1. The molecule has 0 aliphatic rings. The Kier molecular flexibility index (Phi) is 6.54. The van der Waals surface area contributed by atoms with Crippen molar-refractivity contribution in [2.75, 3.05) is 13.7 Å². The average Bonchev–Trinajstić information content (AvgIpc) is 2.22. The fourth-order valence-corrected chi connectivity index (χ4v) is 1.48. The van der Waals surface area contributed by atoms with Crippen molar-refractivity contribution in [1.82, 2.24) is 0 Å². The lowest BCUT2D eigenvalue weighted by Crippen LogP contribution is -2.36. The molecule has 1 unspecified atom stereocenters. The van der Waals surface area contributed by atoms with Crippen LogP contribution in [0.25, 0.3) is 0 Å². The first-order valence-electron chi connectivity index (χ1n) is 5.39. The molecule has 0 spiro atoms. The summed E-state index contributed by atoms with van der Waals surface area (Å²) in [5, 5.41) is 0. The molecule has 84 valence electrons. The summed E-state index contributed by atoms with van der Waals surface area (Å²) in [4.78, 5) is 11.4. The zero-order valence-corrected chi connectivity index (χ0v) is 9.64. The van der Waals surface area contributed by atoms with E-state index in [1.807, 2.05) is 6.92 Å². The van der Waals surface area contributed by atoms with E-state index < -0.39 is 5.41 Å². The molecule has 0 amide bonds. The van der Waals surface area contributed by atoms with Crippen LogP contribution in [0.2, 0.25) is 0 Å². The van der Waals surface area contributed by atoms with Gasteiger partial charge in [0.15, 0.2) is 0 Å². The Morgan fingerprint density at radius 1 is 1.36 bits per heavy atom. The van der Waals surface area contributed by atoms with Crippen LogP contribution in [0.4, 0.5) is 0 Å². The second kappa shape index (κ2) is 6.82. The first kappa shape index (κ1) is 13.4. The summed E-state index contributed by atoms with van der Waals surface area (Å²) in [5.74, 6) is -0.184. The molecular formula is C11H23NO2. The van der Waals surface area contributed by atoms with Gasteiger partial charge in [0.05, 0.1) is 12.5 Å². The average molecular weight is 201 g/mol. The van der Waals surface area contributed by atoms with Crippen LogP contribution >= 0.6 is 0 Å². The second-order valence-electron chi connectivity index (χ2n) is 4.07. The third-order valence-electron chi connectivity index (χ3n) is 2.71. The molecule has 0 heterocycles. The van der Waals surface area contributed by atoms with Gasteiger partial charge in [-0.05, 0) is 13.3 Å². The molecule has 0 rings (SSSR count).